The summed E-state index contributed by atoms with van der Waals surface area (Å²) in [6.07, 6.45) is 0.911. The van der Waals surface area contributed by atoms with Crippen LogP contribution in [0, 0.1) is 0 Å². The predicted octanol–water partition coefficient (Wildman–Crippen LogP) is 4.82. The van der Waals surface area contributed by atoms with E-state index in [4.69, 9.17) is 9.47 Å². The fraction of sp³-hybridized carbons (Fsp3) is 0.227. The lowest BCUT2D eigenvalue weighted by Gasteiger charge is -2.18. The van der Waals surface area contributed by atoms with Crippen LogP contribution in [0.25, 0.3) is 0 Å². The number of carbonyl (C=O) groups is 1. The van der Waals surface area contributed by atoms with Crippen molar-refractivity contribution in [3.05, 3.63) is 82.6 Å². The third kappa shape index (κ3) is 5.34. The van der Waals surface area contributed by atoms with Crippen LogP contribution in [-0.4, -0.2) is 19.1 Å². The van der Waals surface area contributed by atoms with Crippen molar-refractivity contribution in [2.24, 2.45) is 0 Å². The maximum Gasteiger partial charge on any atom is 0.258 e. The zero-order chi connectivity index (χ0) is 18.9. The number of hydrogen-bond acceptors (Lipinski definition) is 4. The number of amides is 1. The lowest BCUT2D eigenvalue weighted by molar-refractivity contribution is -0.123. The average molecular weight is 381 g/mol. The van der Waals surface area contributed by atoms with Gasteiger partial charge >= 0.3 is 0 Å². The fourth-order valence-corrected chi connectivity index (χ4v) is 3.47. The van der Waals surface area contributed by atoms with Gasteiger partial charge in [-0.3, -0.25) is 4.79 Å². The average Bonchev–Trinajstić information content (AvgIpc) is 3.24. The lowest BCUT2D eigenvalue weighted by atomic mass is 10.1. The van der Waals surface area contributed by atoms with E-state index in [1.54, 1.807) is 11.3 Å². The Labute approximate surface area is 163 Å². The summed E-state index contributed by atoms with van der Waals surface area (Å²) in [5.41, 5.74) is 1.04. The van der Waals surface area contributed by atoms with Crippen molar-refractivity contribution >= 4 is 17.2 Å². The van der Waals surface area contributed by atoms with Crippen LogP contribution < -0.4 is 14.8 Å². The minimum absolute atomic E-state index is 0.0682. The number of hydrogen-bond donors (Lipinski definition) is 1. The molecule has 0 bridgehead atoms. The van der Waals surface area contributed by atoms with Crippen molar-refractivity contribution < 1.29 is 14.3 Å². The normalized spacial score (nSPS) is 11.6. The van der Waals surface area contributed by atoms with Gasteiger partial charge in [0.15, 0.2) is 18.1 Å². The summed E-state index contributed by atoms with van der Waals surface area (Å²) in [4.78, 5) is 13.6. The highest BCUT2D eigenvalue weighted by molar-refractivity contribution is 7.10. The molecule has 1 unspecified atom stereocenters. The Kier molecular flexibility index (Phi) is 6.88. The molecule has 140 valence electrons. The second-order valence-electron chi connectivity index (χ2n) is 6.01. The number of benzene rings is 2. The molecular weight excluding hydrogens is 358 g/mol. The maximum atomic E-state index is 12.5. The minimum Gasteiger partial charge on any atom is -0.490 e. The smallest absolute Gasteiger partial charge is 0.258 e. The molecule has 1 atom stereocenters. The molecule has 1 amide bonds. The second-order valence-corrected chi connectivity index (χ2v) is 6.99. The Morgan fingerprint density at radius 3 is 2.33 bits per heavy atom. The molecule has 5 heteroatoms. The summed E-state index contributed by atoms with van der Waals surface area (Å²) in [5.74, 6) is 1.06. The fourth-order valence-electron chi connectivity index (χ4n) is 2.67. The van der Waals surface area contributed by atoms with Crippen molar-refractivity contribution in [2.45, 2.75) is 19.4 Å². The molecule has 1 heterocycles. The van der Waals surface area contributed by atoms with Crippen molar-refractivity contribution in [1.82, 2.24) is 5.32 Å². The van der Waals surface area contributed by atoms with Gasteiger partial charge in [0, 0.05) is 4.88 Å². The Hall–Kier alpha value is -2.79. The molecule has 27 heavy (non-hydrogen) atoms. The van der Waals surface area contributed by atoms with Crippen LogP contribution in [0.5, 0.6) is 11.5 Å². The van der Waals surface area contributed by atoms with Gasteiger partial charge in [-0.15, -0.1) is 11.3 Å². The largest absolute Gasteiger partial charge is 0.490 e. The van der Waals surface area contributed by atoms with Crippen LogP contribution in [-0.2, 0) is 4.79 Å². The first-order valence-corrected chi connectivity index (χ1v) is 9.88. The first-order chi connectivity index (χ1) is 13.3. The molecule has 0 saturated heterocycles. The number of carbonyl (C=O) groups excluding carboxylic acids is 1. The van der Waals surface area contributed by atoms with E-state index in [1.807, 2.05) is 79.0 Å². The quantitative estimate of drug-likeness (QED) is 0.578. The van der Waals surface area contributed by atoms with Crippen LogP contribution in [0.1, 0.15) is 29.8 Å². The van der Waals surface area contributed by atoms with Gasteiger partial charge < -0.3 is 14.8 Å². The third-order valence-electron chi connectivity index (χ3n) is 3.94. The van der Waals surface area contributed by atoms with Crippen LogP contribution in [0.4, 0.5) is 0 Å². The maximum absolute atomic E-state index is 12.5. The Morgan fingerprint density at radius 2 is 1.67 bits per heavy atom. The topological polar surface area (TPSA) is 47.6 Å². The number of nitrogens with one attached hydrogen (secondary N) is 1. The molecule has 1 aromatic heterocycles. The van der Waals surface area contributed by atoms with Gasteiger partial charge in [-0.2, -0.15) is 0 Å². The van der Waals surface area contributed by atoms with E-state index < -0.39 is 0 Å². The summed E-state index contributed by atoms with van der Waals surface area (Å²) >= 11 is 1.62. The monoisotopic (exact) mass is 381 g/mol. The molecule has 0 radical (unpaired) electrons. The number of para-hydroxylation sites is 2. The number of thiophene rings is 1. The molecular formula is C22H23NO3S. The van der Waals surface area contributed by atoms with E-state index >= 15 is 0 Å². The van der Waals surface area contributed by atoms with E-state index in [1.165, 1.54) is 0 Å². The first-order valence-electron chi connectivity index (χ1n) is 9.00. The van der Waals surface area contributed by atoms with E-state index in [-0.39, 0.29) is 18.6 Å². The van der Waals surface area contributed by atoms with Gasteiger partial charge in [0.2, 0.25) is 0 Å². The molecule has 0 spiro atoms. The minimum atomic E-state index is -0.186. The lowest BCUT2D eigenvalue weighted by Crippen LogP contribution is -2.32. The molecule has 0 aliphatic carbocycles. The number of rotatable bonds is 9. The van der Waals surface area contributed by atoms with Crippen molar-refractivity contribution in [2.75, 3.05) is 13.2 Å². The molecule has 0 fully saturated rings. The molecule has 0 aliphatic rings. The SMILES string of the molecule is CCCOc1ccccc1OCC(=O)NC(c1ccccc1)c1cccs1. The van der Waals surface area contributed by atoms with Crippen LogP contribution >= 0.6 is 11.3 Å². The van der Waals surface area contributed by atoms with Gasteiger partial charge in [-0.1, -0.05) is 55.5 Å². The summed E-state index contributed by atoms with van der Waals surface area (Å²) in [6, 6.07) is 21.2. The van der Waals surface area contributed by atoms with E-state index in [0.29, 0.717) is 18.1 Å². The first kappa shape index (κ1) is 19.0. The van der Waals surface area contributed by atoms with E-state index in [9.17, 15) is 4.79 Å². The molecule has 0 aliphatic heterocycles. The van der Waals surface area contributed by atoms with Crippen molar-refractivity contribution in [3.63, 3.8) is 0 Å². The molecule has 2 aromatic carbocycles. The summed E-state index contributed by atoms with van der Waals surface area (Å²) < 4.78 is 11.4. The van der Waals surface area contributed by atoms with Crippen LogP contribution in [0.3, 0.4) is 0 Å². The highest BCUT2D eigenvalue weighted by atomic mass is 32.1. The standard InChI is InChI=1S/C22H23NO3S/c1-2-14-25-18-11-6-7-12-19(18)26-16-21(24)23-22(20-13-8-15-27-20)17-9-4-3-5-10-17/h3-13,15,22H,2,14,16H2,1H3,(H,23,24). The van der Waals surface area contributed by atoms with E-state index in [2.05, 4.69) is 5.32 Å². The third-order valence-corrected chi connectivity index (χ3v) is 4.87. The molecule has 3 rings (SSSR count). The second kappa shape index (κ2) is 9.78. The molecule has 1 N–H and O–H groups in total. The zero-order valence-corrected chi connectivity index (χ0v) is 16.1. The van der Waals surface area contributed by atoms with Gasteiger partial charge in [0.1, 0.15) is 0 Å². The Bertz CT molecular complexity index is 834. The Balaban J connectivity index is 1.66. The molecule has 0 saturated carbocycles. The summed E-state index contributed by atoms with van der Waals surface area (Å²) in [5, 5.41) is 5.08. The highest BCUT2D eigenvalue weighted by Gasteiger charge is 2.18. The number of ether oxygens (including phenoxy) is 2. The van der Waals surface area contributed by atoms with Crippen LogP contribution in [0.2, 0.25) is 0 Å². The molecule has 4 nitrogen and oxygen atoms in total. The zero-order valence-electron chi connectivity index (χ0n) is 15.3. The van der Waals surface area contributed by atoms with Gasteiger partial charge in [0.25, 0.3) is 5.91 Å². The Morgan fingerprint density at radius 1 is 0.963 bits per heavy atom. The predicted molar refractivity (Wildman–Crippen MR) is 108 cm³/mol. The summed E-state index contributed by atoms with van der Waals surface area (Å²) in [6.45, 7) is 2.59. The van der Waals surface area contributed by atoms with Gasteiger partial charge in [-0.25, -0.2) is 0 Å². The summed E-state index contributed by atoms with van der Waals surface area (Å²) in [7, 11) is 0. The van der Waals surface area contributed by atoms with E-state index in [0.717, 1.165) is 16.9 Å². The van der Waals surface area contributed by atoms with Gasteiger partial charge in [-0.05, 0) is 35.6 Å². The molecule has 3 aromatic rings. The van der Waals surface area contributed by atoms with Crippen molar-refractivity contribution in [3.8, 4) is 11.5 Å². The highest BCUT2D eigenvalue weighted by Crippen LogP contribution is 2.27. The van der Waals surface area contributed by atoms with Gasteiger partial charge in [0.05, 0.1) is 12.6 Å². The van der Waals surface area contributed by atoms with Crippen LogP contribution in [0.15, 0.2) is 72.1 Å². The van der Waals surface area contributed by atoms with Crippen molar-refractivity contribution in [1.29, 1.82) is 0 Å².